The Morgan fingerprint density at radius 3 is 2.43 bits per heavy atom. The average Bonchev–Trinajstić information content (AvgIpc) is 2.52. The van der Waals surface area contributed by atoms with Crippen LogP contribution in [0.4, 0.5) is 0 Å². The second-order valence-electron chi connectivity index (χ2n) is 3.31. The molecule has 0 aromatic heterocycles. The summed E-state index contributed by atoms with van der Waals surface area (Å²) < 4.78 is 15.4. The first kappa shape index (κ1) is 11.9. The van der Waals surface area contributed by atoms with Crippen molar-refractivity contribution < 1.29 is 19.3 Å². The molecule has 0 bridgehead atoms. The van der Waals surface area contributed by atoms with Crippen LogP contribution in [0.25, 0.3) is 0 Å². The molecule has 1 aliphatic rings. The van der Waals surface area contributed by atoms with Crippen LogP contribution in [0.2, 0.25) is 0 Å². The summed E-state index contributed by atoms with van der Waals surface area (Å²) in [5.41, 5.74) is 0. The minimum atomic E-state index is -0.684. The number of aliphatic hydroxyl groups excluding tert-OH is 1. The van der Waals surface area contributed by atoms with Gasteiger partial charge in [0.15, 0.2) is 12.6 Å². The van der Waals surface area contributed by atoms with Crippen molar-refractivity contribution in [3.05, 3.63) is 0 Å². The summed E-state index contributed by atoms with van der Waals surface area (Å²) in [6.07, 6.45) is -0.732. The van der Waals surface area contributed by atoms with Gasteiger partial charge in [0.2, 0.25) is 0 Å². The van der Waals surface area contributed by atoms with Gasteiger partial charge >= 0.3 is 0 Å². The fourth-order valence-electron chi connectivity index (χ4n) is 1.55. The van der Waals surface area contributed by atoms with Gasteiger partial charge in [0, 0.05) is 14.2 Å². The maximum Gasteiger partial charge on any atom is 0.187 e. The summed E-state index contributed by atoms with van der Waals surface area (Å²) in [5, 5.41) is 13.0. The molecule has 84 valence electrons. The van der Waals surface area contributed by atoms with E-state index in [1.807, 2.05) is 0 Å². The number of rotatable bonds is 5. The molecule has 0 spiro atoms. The normalized spacial score (nSPS) is 37.7. The predicted octanol–water partition coefficient (Wildman–Crippen LogP) is -0.309. The van der Waals surface area contributed by atoms with Gasteiger partial charge in [0.05, 0.1) is 6.04 Å². The van der Waals surface area contributed by atoms with E-state index in [2.05, 4.69) is 12.2 Å². The van der Waals surface area contributed by atoms with Gasteiger partial charge < -0.3 is 24.6 Å². The molecule has 4 atom stereocenters. The van der Waals surface area contributed by atoms with Gasteiger partial charge in [-0.2, -0.15) is 0 Å². The van der Waals surface area contributed by atoms with E-state index in [9.17, 15) is 5.11 Å². The van der Waals surface area contributed by atoms with Crippen molar-refractivity contribution in [2.24, 2.45) is 0 Å². The Balaban J connectivity index is 2.51. The Hall–Kier alpha value is -0.200. The molecule has 14 heavy (non-hydrogen) atoms. The van der Waals surface area contributed by atoms with Gasteiger partial charge in [-0.15, -0.1) is 0 Å². The van der Waals surface area contributed by atoms with Crippen molar-refractivity contribution in [2.75, 3.05) is 20.8 Å². The SMILES string of the molecule is CCCNC1C(OC)OC(OC)C1O. The van der Waals surface area contributed by atoms with Crippen LogP contribution >= 0.6 is 0 Å². The highest BCUT2D eigenvalue weighted by Gasteiger charge is 2.43. The van der Waals surface area contributed by atoms with Gasteiger partial charge in [0.25, 0.3) is 0 Å². The second-order valence-corrected chi connectivity index (χ2v) is 3.31. The number of hydrogen-bond acceptors (Lipinski definition) is 5. The lowest BCUT2D eigenvalue weighted by Crippen LogP contribution is -2.45. The van der Waals surface area contributed by atoms with Crippen molar-refractivity contribution in [3.63, 3.8) is 0 Å². The molecule has 1 saturated heterocycles. The third kappa shape index (κ3) is 2.43. The highest BCUT2D eigenvalue weighted by Crippen LogP contribution is 2.22. The molecule has 0 saturated carbocycles. The van der Waals surface area contributed by atoms with Crippen LogP contribution < -0.4 is 5.32 Å². The molecule has 0 radical (unpaired) electrons. The summed E-state index contributed by atoms with van der Waals surface area (Å²) in [4.78, 5) is 0. The molecule has 1 rings (SSSR count). The first-order valence-corrected chi connectivity index (χ1v) is 4.87. The summed E-state index contributed by atoms with van der Waals surface area (Å²) in [7, 11) is 3.05. The molecule has 1 heterocycles. The summed E-state index contributed by atoms with van der Waals surface area (Å²) in [5.74, 6) is 0. The smallest absolute Gasteiger partial charge is 0.187 e. The molecule has 2 N–H and O–H groups in total. The zero-order valence-corrected chi connectivity index (χ0v) is 8.90. The maximum atomic E-state index is 9.78. The predicted molar refractivity (Wildman–Crippen MR) is 50.8 cm³/mol. The Bertz CT molecular complexity index is 165. The lowest BCUT2D eigenvalue weighted by molar-refractivity contribution is -0.200. The fraction of sp³-hybridized carbons (Fsp3) is 1.00. The molecule has 0 amide bonds. The van der Waals surface area contributed by atoms with E-state index in [0.717, 1.165) is 13.0 Å². The Morgan fingerprint density at radius 1 is 1.29 bits per heavy atom. The largest absolute Gasteiger partial charge is 0.386 e. The van der Waals surface area contributed by atoms with Crippen molar-refractivity contribution in [3.8, 4) is 0 Å². The minimum Gasteiger partial charge on any atom is -0.386 e. The molecular formula is C9H19NO4. The van der Waals surface area contributed by atoms with Crippen LogP contribution in [-0.2, 0) is 14.2 Å². The van der Waals surface area contributed by atoms with Crippen LogP contribution in [0.5, 0.6) is 0 Å². The Morgan fingerprint density at radius 2 is 1.93 bits per heavy atom. The van der Waals surface area contributed by atoms with Crippen LogP contribution in [0.15, 0.2) is 0 Å². The highest BCUT2D eigenvalue weighted by molar-refractivity contribution is 4.87. The van der Waals surface area contributed by atoms with E-state index < -0.39 is 18.7 Å². The van der Waals surface area contributed by atoms with Crippen LogP contribution in [0.3, 0.4) is 0 Å². The fourth-order valence-corrected chi connectivity index (χ4v) is 1.55. The quantitative estimate of drug-likeness (QED) is 0.645. The van der Waals surface area contributed by atoms with Crippen LogP contribution in [-0.4, -0.2) is 50.6 Å². The van der Waals surface area contributed by atoms with E-state index >= 15 is 0 Å². The second kappa shape index (κ2) is 5.63. The number of ether oxygens (including phenoxy) is 3. The number of aliphatic hydroxyl groups is 1. The average molecular weight is 205 g/mol. The van der Waals surface area contributed by atoms with Crippen molar-refractivity contribution in [2.45, 2.75) is 38.1 Å². The first-order valence-electron chi connectivity index (χ1n) is 4.87. The molecule has 5 nitrogen and oxygen atoms in total. The van der Waals surface area contributed by atoms with E-state index in [1.54, 1.807) is 7.11 Å². The van der Waals surface area contributed by atoms with Crippen molar-refractivity contribution >= 4 is 0 Å². The third-order valence-electron chi connectivity index (χ3n) is 2.30. The van der Waals surface area contributed by atoms with Gasteiger partial charge in [-0.05, 0) is 13.0 Å². The lowest BCUT2D eigenvalue weighted by Gasteiger charge is -2.19. The maximum absolute atomic E-state index is 9.78. The molecule has 5 heteroatoms. The number of methoxy groups -OCH3 is 2. The van der Waals surface area contributed by atoms with Crippen molar-refractivity contribution in [1.82, 2.24) is 5.32 Å². The molecule has 4 unspecified atom stereocenters. The van der Waals surface area contributed by atoms with Gasteiger partial charge in [-0.25, -0.2) is 0 Å². The molecule has 0 aliphatic carbocycles. The number of nitrogens with one attached hydrogen (secondary N) is 1. The third-order valence-corrected chi connectivity index (χ3v) is 2.30. The Labute approximate surface area is 84.3 Å². The van der Waals surface area contributed by atoms with E-state index in [4.69, 9.17) is 14.2 Å². The lowest BCUT2D eigenvalue weighted by atomic mass is 10.2. The zero-order chi connectivity index (χ0) is 10.6. The van der Waals surface area contributed by atoms with Gasteiger partial charge in [0.1, 0.15) is 6.10 Å². The van der Waals surface area contributed by atoms with Crippen LogP contribution in [0, 0.1) is 0 Å². The van der Waals surface area contributed by atoms with E-state index in [1.165, 1.54) is 7.11 Å². The van der Waals surface area contributed by atoms with Crippen LogP contribution in [0.1, 0.15) is 13.3 Å². The van der Waals surface area contributed by atoms with Gasteiger partial charge in [-0.3, -0.25) is 0 Å². The molecule has 1 fully saturated rings. The van der Waals surface area contributed by atoms with E-state index in [0.29, 0.717) is 0 Å². The minimum absolute atomic E-state index is 0.218. The molecule has 0 aromatic carbocycles. The molecule has 0 aromatic rings. The topological polar surface area (TPSA) is 60.0 Å². The molecular weight excluding hydrogens is 186 g/mol. The van der Waals surface area contributed by atoms with E-state index in [-0.39, 0.29) is 6.04 Å². The Kier molecular flexibility index (Phi) is 4.77. The standard InChI is InChI=1S/C9H19NO4/c1-4-5-10-6-7(11)9(13-3)14-8(6)12-2/h6-11H,4-5H2,1-3H3. The summed E-state index contributed by atoms with van der Waals surface area (Å²) in [6.45, 7) is 2.88. The van der Waals surface area contributed by atoms with Gasteiger partial charge in [-0.1, -0.05) is 6.92 Å². The highest BCUT2D eigenvalue weighted by atomic mass is 16.8. The monoisotopic (exact) mass is 205 g/mol. The molecule has 1 aliphatic heterocycles. The summed E-state index contributed by atoms with van der Waals surface area (Å²) in [6, 6.07) is -0.218. The zero-order valence-electron chi connectivity index (χ0n) is 8.90. The van der Waals surface area contributed by atoms with Crippen molar-refractivity contribution in [1.29, 1.82) is 0 Å². The summed E-state index contributed by atoms with van der Waals surface area (Å²) >= 11 is 0. The first-order chi connectivity index (χ1) is 6.74. The number of hydrogen-bond donors (Lipinski definition) is 2.